The summed E-state index contributed by atoms with van der Waals surface area (Å²) in [6.45, 7) is 1.73. The van der Waals surface area contributed by atoms with Gasteiger partial charge in [-0.1, -0.05) is 48.9 Å². The molecule has 4 rings (SSSR count). The zero-order valence-corrected chi connectivity index (χ0v) is 17.3. The highest BCUT2D eigenvalue weighted by molar-refractivity contribution is 6.30. The van der Waals surface area contributed by atoms with Crippen LogP contribution in [0.4, 0.5) is 0 Å². The van der Waals surface area contributed by atoms with Gasteiger partial charge in [-0.15, -0.1) is 0 Å². The van der Waals surface area contributed by atoms with Crippen molar-refractivity contribution in [3.05, 3.63) is 91.6 Å². The lowest BCUT2D eigenvalue weighted by atomic mass is 9.99. The average molecular weight is 439 g/mol. The number of hydrogen-bond donors (Lipinski definition) is 2. The third kappa shape index (κ3) is 3.77. The van der Waals surface area contributed by atoms with Crippen molar-refractivity contribution in [2.24, 2.45) is 5.10 Å². The molecule has 1 aromatic heterocycles. The second-order valence-corrected chi connectivity index (χ2v) is 7.48. The molecule has 9 heteroatoms. The zero-order valence-electron chi connectivity index (χ0n) is 16.6. The number of hydrogen-bond acceptors (Lipinski definition) is 5. The Morgan fingerprint density at radius 3 is 2.48 bits per heavy atom. The van der Waals surface area contributed by atoms with Gasteiger partial charge >= 0.3 is 5.69 Å². The fraction of sp³-hybridized carbons (Fsp3) is 0.182. The Hall–Kier alpha value is -3.65. The van der Waals surface area contributed by atoms with Crippen molar-refractivity contribution in [2.75, 3.05) is 0 Å². The highest BCUT2D eigenvalue weighted by atomic mass is 35.5. The molecule has 2 aromatic carbocycles. The van der Waals surface area contributed by atoms with Crippen LogP contribution in [0.25, 0.3) is 5.69 Å². The summed E-state index contributed by atoms with van der Waals surface area (Å²) >= 11 is 5.91. The maximum absolute atomic E-state index is 12.6. The maximum atomic E-state index is 12.6. The van der Waals surface area contributed by atoms with E-state index in [9.17, 15) is 19.5 Å². The van der Waals surface area contributed by atoms with E-state index in [1.165, 1.54) is 5.01 Å². The first-order chi connectivity index (χ1) is 14.9. The standard InChI is InChI=1S/C22H19ClN4O4/c1-2-18(28)27-17(13-6-4-3-5-7-13)12-16(25-27)19-20(29)24-22(31)26(21(19)30)15-10-8-14(23)9-11-15/h3-11,17,30H,2,12H2,1H3,(H,24,29,31)/t17-/m1/s1. The molecular formula is C22H19ClN4O4. The van der Waals surface area contributed by atoms with Crippen LogP contribution in [0, 0.1) is 0 Å². The van der Waals surface area contributed by atoms with Crippen LogP contribution in [0.15, 0.2) is 69.3 Å². The SMILES string of the molecule is CCC(=O)N1N=C(c2c(O)n(-c3ccc(Cl)cc3)c(=O)[nH]c2=O)C[C@@H]1c1ccccc1. The van der Waals surface area contributed by atoms with Crippen molar-refractivity contribution in [2.45, 2.75) is 25.8 Å². The summed E-state index contributed by atoms with van der Waals surface area (Å²) in [6.07, 6.45) is 0.442. The molecule has 3 aromatic rings. The summed E-state index contributed by atoms with van der Waals surface area (Å²) < 4.78 is 0.970. The van der Waals surface area contributed by atoms with Crippen molar-refractivity contribution in [3.8, 4) is 11.6 Å². The third-order valence-electron chi connectivity index (χ3n) is 5.11. The minimum absolute atomic E-state index is 0.151. The number of carbonyl (C=O) groups excluding carboxylic acids is 1. The van der Waals surface area contributed by atoms with Gasteiger partial charge < -0.3 is 5.11 Å². The lowest BCUT2D eigenvalue weighted by Gasteiger charge is -2.21. The molecule has 0 saturated carbocycles. The van der Waals surface area contributed by atoms with E-state index >= 15 is 0 Å². The van der Waals surface area contributed by atoms with Gasteiger partial charge in [0.25, 0.3) is 5.56 Å². The largest absolute Gasteiger partial charge is 0.493 e. The second-order valence-electron chi connectivity index (χ2n) is 7.04. The number of aromatic nitrogens is 2. The summed E-state index contributed by atoms with van der Waals surface area (Å²) in [5.74, 6) is -0.766. The van der Waals surface area contributed by atoms with Gasteiger partial charge in [0.1, 0.15) is 5.56 Å². The van der Waals surface area contributed by atoms with Crippen LogP contribution in [0.2, 0.25) is 5.02 Å². The van der Waals surface area contributed by atoms with Crippen molar-refractivity contribution in [1.82, 2.24) is 14.6 Å². The molecule has 0 unspecified atom stereocenters. The van der Waals surface area contributed by atoms with Crippen LogP contribution in [0.5, 0.6) is 5.88 Å². The molecule has 1 aliphatic rings. The van der Waals surface area contributed by atoms with Crippen molar-refractivity contribution >= 4 is 23.2 Å². The van der Waals surface area contributed by atoms with E-state index in [2.05, 4.69) is 10.1 Å². The number of carbonyl (C=O) groups is 1. The van der Waals surface area contributed by atoms with Crippen LogP contribution in [0.1, 0.15) is 36.9 Å². The molecule has 2 N–H and O–H groups in total. The molecule has 0 aliphatic carbocycles. The van der Waals surface area contributed by atoms with Crippen LogP contribution in [-0.4, -0.2) is 31.3 Å². The van der Waals surface area contributed by atoms with Gasteiger partial charge in [0.05, 0.1) is 17.4 Å². The predicted octanol–water partition coefficient (Wildman–Crippen LogP) is 2.97. The number of benzene rings is 2. The molecule has 0 bridgehead atoms. The molecule has 1 aliphatic heterocycles. The molecule has 0 radical (unpaired) electrons. The number of nitrogens with one attached hydrogen (secondary N) is 1. The molecule has 8 nitrogen and oxygen atoms in total. The van der Waals surface area contributed by atoms with Crippen molar-refractivity contribution in [1.29, 1.82) is 0 Å². The van der Waals surface area contributed by atoms with Crippen molar-refractivity contribution < 1.29 is 9.90 Å². The summed E-state index contributed by atoms with van der Waals surface area (Å²) in [4.78, 5) is 39.8. The summed E-state index contributed by atoms with van der Waals surface area (Å²) in [6, 6.07) is 15.1. The van der Waals surface area contributed by atoms with Gasteiger partial charge in [-0.3, -0.25) is 14.6 Å². The molecule has 0 spiro atoms. The number of halogens is 1. The fourth-order valence-corrected chi connectivity index (χ4v) is 3.73. The Kier molecular flexibility index (Phi) is 5.48. The Morgan fingerprint density at radius 1 is 1.16 bits per heavy atom. The van der Waals surface area contributed by atoms with E-state index in [0.717, 1.165) is 10.1 Å². The number of amides is 1. The Labute approximate surface area is 182 Å². The van der Waals surface area contributed by atoms with Crippen LogP contribution >= 0.6 is 11.6 Å². The van der Waals surface area contributed by atoms with Gasteiger partial charge in [-0.05, 0) is 29.8 Å². The van der Waals surface area contributed by atoms with E-state index < -0.39 is 23.2 Å². The van der Waals surface area contributed by atoms with E-state index in [4.69, 9.17) is 11.6 Å². The first-order valence-corrected chi connectivity index (χ1v) is 10.1. The van der Waals surface area contributed by atoms with E-state index in [0.29, 0.717) is 10.7 Å². The quantitative estimate of drug-likeness (QED) is 0.652. The first-order valence-electron chi connectivity index (χ1n) is 9.69. The number of H-pyrrole nitrogens is 1. The number of nitrogens with zero attached hydrogens (tertiary/aromatic N) is 3. The molecule has 31 heavy (non-hydrogen) atoms. The molecule has 2 heterocycles. The lowest BCUT2D eigenvalue weighted by molar-refractivity contribution is -0.132. The van der Waals surface area contributed by atoms with Gasteiger partial charge in [-0.25, -0.2) is 14.4 Å². The highest BCUT2D eigenvalue weighted by Gasteiger charge is 2.35. The maximum Gasteiger partial charge on any atom is 0.335 e. The zero-order chi connectivity index (χ0) is 22.1. The van der Waals surface area contributed by atoms with Gasteiger partial charge in [0.15, 0.2) is 0 Å². The number of hydrazone groups is 1. The molecular weight excluding hydrogens is 420 g/mol. The molecule has 158 valence electrons. The lowest BCUT2D eigenvalue weighted by Crippen LogP contribution is -2.33. The van der Waals surface area contributed by atoms with E-state index in [-0.39, 0.29) is 30.0 Å². The smallest absolute Gasteiger partial charge is 0.335 e. The molecule has 0 fully saturated rings. The average Bonchev–Trinajstić information content (AvgIpc) is 3.19. The van der Waals surface area contributed by atoms with Crippen LogP contribution in [-0.2, 0) is 4.79 Å². The fourth-order valence-electron chi connectivity index (χ4n) is 3.60. The van der Waals surface area contributed by atoms with Gasteiger partial charge in [0.2, 0.25) is 11.8 Å². The van der Waals surface area contributed by atoms with Crippen molar-refractivity contribution in [3.63, 3.8) is 0 Å². The Bertz CT molecular complexity index is 1280. The summed E-state index contributed by atoms with van der Waals surface area (Å²) in [5.41, 5.74) is -0.328. The number of aromatic amines is 1. The molecule has 1 atom stereocenters. The van der Waals surface area contributed by atoms with Gasteiger partial charge in [0, 0.05) is 17.9 Å². The Balaban J connectivity index is 1.85. The van der Waals surface area contributed by atoms with E-state index in [1.807, 2.05) is 30.3 Å². The predicted molar refractivity (Wildman–Crippen MR) is 117 cm³/mol. The number of rotatable bonds is 4. The topological polar surface area (TPSA) is 108 Å². The third-order valence-corrected chi connectivity index (χ3v) is 5.36. The summed E-state index contributed by atoms with van der Waals surface area (Å²) in [7, 11) is 0. The normalized spacial score (nSPS) is 15.7. The Morgan fingerprint density at radius 2 is 1.84 bits per heavy atom. The van der Waals surface area contributed by atoms with Crippen LogP contribution in [0.3, 0.4) is 0 Å². The first kappa shape index (κ1) is 20.6. The summed E-state index contributed by atoms with van der Waals surface area (Å²) in [5, 5.41) is 17.1. The van der Waals surface area contributed by atoms with Gasteiger partial charge in [-0.2, -0.15) is 5.10 Å². The molecule has 0 saturated heterocycles. The second kappa shape index (κ2) is 8.23. The molecule has 1 amide bonds. The minimum atomic E-state index is -0.798. The monoisotopic (exact) mass is 438 g/mol. The number of aromatic hydroxyl groups is 1. The van der Waals surface area contributed by atoms with E-state index in [1.54, 1.807) is 31.2 Å². The highest BCUT2D eigenvalue weighted by Crippen LogP contribution is 2.34. The minimum Gasteiger partial charge on any atom is -0.493 e. The van der Waals surface area contributed by atoms with Crippen LogP contribution < -0.4 is 11.2 Å².